The van der Waals surface area contributed by atoms with Gasteiger partial charge in [0.05, 0.1) is 11.4 Å². The Morgan fingerprint density at radius 1 is 0.286 bits per heavy atom. The molecule has 9 rings (SSSR count). The highest BCUT2D eigenvalue weighted by atomic mass is 15.1. The number of hydrogen-bond donors (Lipinski definition) is 0. The van der Waals surface area contributed by atoms with Crippen LogP contribution in [0.2, 0.25) is 0 Å². The number of aromatic nitrogens is 1. The van der Waals surface area contributed by atoms with E-state index in [9.17, 15) is 0 Å². The molecule has 0 fully saturated rings. The lowest BCUT2D eigenvalue weighted by Crippen LogP contribution is -2.09. The molecular weight excluding hydrogens is 677 g/mol. The monoisotopic (exact) mass is 718 g/mol. The number of nitrogens with zero attached hydrogens (tertiary/aromatic N) is 2. The molecule has 0 saturated carbocycles. The van der Waals surface area contributed by atoms with Gasteiger partial charge in [-0.05, 0) is 95.8 Å². The molecule has 0 aliphatic carbocycles. The number of benzene rings is 8. The SMILES string of the molecule is Cc1ccc(N(c2ccc(C)cc2)c2ccc(-c3ccc(-n4c(-c5ccccc5)c(-c5ccccc5)c(-c5ccccc5)c4-c4ccccc4)cc3)cc2)cc1. The summed E-state index contributed by atoms with van der Waals surface area (Å²) in [5.41, 5.74) is 18.8. The van der Waals surface area contributed by atoms with Crippen LogP contribution in [0.25, 0.3) is 61.6 Å². The van der Waals surface area contributed by atoms with Gasteiger partial charge in [-0.25, -0.2) is 0 Å². The van der Waals surface area contributed by atoms with Gasteiger partial charge in [0.1, 0.15) is 0 Å². The van der Waals surface area contributed by atoms with Gasteiger partial charge in [-0.1, -0.05) is 181 Å². The van der Waals surface area contributed by atoms with Gasteiger partial charge >= 0.3 is 0 Å². The van der Waals surface area contributed by atoms with Crippen molar-refractivity contribution in [3.63, 3.8) is 0 Å². The van der Waals surface area contributed by atoms with Crippen LogP contribution in [0.3, 0.4) is 0 Å². The summed E-state index contributed by atoms with van der Waals surface area (Å²) in [5, 5.41) is 0. The van der Waals surface area contributed by atoms with Crippen LogP contribution in [0.5, 0.6) is 0 Å². The molecule has 1 aromatic heterocycles. The van der Waals surface area contributed by atoms with Crippen molar-refractivity contribution in [2.75, 3.05) is 4.90 Å². The van der Waals surface area contributed by atoms with Gasteiger partial charge in [-0.15, -0.1) is 0 Å². The molecule has 0 unspecified atom stereocenters. The Morgan fingerprint density at radius 2 is 0.589 bits per heavy atom. The van der Waals surface area contributed by atoms with E-state index < -0.39 is 0 Å². The minimum absolute atomic E-state index is 1.10. The minimum Gasteiger partial charge on any atom is -0.311 e. The summed E-state index contributed by atoms with van der Waals surface area (Å²) >= 11 is 0. The summed E-state index contributed by atoms with van der Waals surface area (Å²) in [6.07, 6.45) is 0. The fourth-order valence-corrected chi connectivity index (χ4v) is 7.78. The highest BCUT2D eigenvalue weighted by Crippen LogP contribution is 2.50. The van der Waals surface area contributed by atoms with E-state index in [2.05, 4.69) is 242 Å². The van der Waals surface area contributed by atoms with Gasteiger partial charge < -0.3 is 9.47 Å². The average Bonchev–Trinajstić information content (AvgIpc) is 3.63. The summed E-state index contributed by atoms with van der Waals surface area (Å²) in [7, 11) is 0. The van der Waals surface area contributed by atoms with Crippen LogP contribution < -0.4 is 4.90 Å². The summed E-state index contributed by atoms with van der Waals surface area (Å²) in [5.74, 6) is 0. The van der Waals surface area contributed by atoms with Gasteiger partial charge in [0.15, 0.2) is 0 Å². The Bertz CT molecular complexity index is 2530. The van der Waals surface area contributed by atoms with Crippen LogP contribution in [0.15, 0.2) is 218 Å². The summed E-state index contributed by atoms with van der Waals surface area (Å²) in [6.45, 7) is 4.26. The molecule has 1 heterocycles. The summed E-state index contributed by atoms with van der Waals surface area (Å²) < 4.78 is 2.48. The zero-order chi connectivity index (χ0) is 37.8. The third-order valence-electron chi connectivity index (χ3n) is 10.6. The molecule has 8 aromatic carbocycles. The van der Waals surface area contributed by atoms with Crippen molar-refractivity contribution in [3.8, 4) is 61.6 Å². The van der Waals surface area contributed by atoms with E-state index in [-0.39, 0.29) is 0 Å². The maximum Gasteiger partial charge on any atom is 0.0619 e. The molecule has 0 aliphatic rings. The first kappa shape index (κ1) is 34.6. The molecule has 0 aliphatic heterocycles. The van der Waals surface area contributed by atoms with Crippen LogP contribution in [-0.2, 0) is 0 Å². The molecule has 0 amide bonds. The second-order valence-electron chi connectivity index (χ2n) is 14.3. The van der Waals surface area contributed by atoms with E-state index in [1.54, 1.807) is 0 Å². The van der Waals surface area contributed by atoms with Crippen LogP contribution in [0, 0.1) is 13.8 Å². The Balaban J connectivity index is 1.19. The molecule has 56 heavy (non-hydrogen) atoms. The Labute approximate surface area is 330 Å². The van der Waals surface area contributed by atoms with Crippen molar-refractivity contribution in [1.82, 2.24) is 4.57 Å². The maximum atomic E-state index is 2.48. The van der Waals surface area contributed by atoms with Gasteiger partial charge in [0.25, 0.3) is 0 Å². The van der Waals surface area contributed by atoms with E-state index in [1.807, 2.05) is 0 Å². The Hall–Kier alpha value is -7.16. The van der Waals surface area contributed by atoms with Crippen molar-refractivity contribution >= 4 is 17.1 Å². The molecule has 0 spiro atoms. The second-order valence-corrected chi connectivity index (χ2v) is 14.3. The van der Waals surface area contributed by atoms with Crippen molar-refractivity contribution in [2.24, 2.45) is 0 Å². The highest BCUT2D eigenvalue weighted by molar-refractivity contribution is 6.03. The second kappa shape index (κ2) is 15.3. The normalized spacial score (nSPS) is 11.0. The Kier molecular flexibility index (Phi) is 9.45. The van der Waals surface area contributed by atoms with Gasteiger partial charge in [0.2, 0.25) is 0 Å². The van der Waals surface area contributed by atoms with Gasteiger partial charge in [-0.3, -0.25) is 0 Å². The van der Waals surface area contributed by atoms with Crippen molar-refractivity contribution in [2.45, 2.75) is 13.8 Å². The average molecular weight is 719 g/mol. The molecule has 0 bridgehead atoms. The third-order valence-corrected chi connectivity index (χ3v) is 10.6. The van der Waals surface area contributed by atoms with E-state index in [0.29, 0.717) is 0 Å². The quantitative estimate of drug-likeness (QED) is 0.144. The van der Waals surface area contributed by atoms with Crippen molar-refractivity contribution < 1.29 is 0 Å². The first-order chi connectivity index (χ1) is 27.6. The molecular formula is C54H42N2. The molecule has 0 saturated heterocycles. The Morgan fingerprint density at radius 3 is 0.946 bits per heavy atom. The zero-order valence-electron chi connectivity index (χ0n) is 31.7. The topological polar surface area (TPSA) is 8.17 Å². The summed E-state index contributed by atoms with van der Waals surface area (Å²) in [4.78, 5) is 2.32. The fourth-order valence-electron chi connectivity index (χ4n) is 7.78. The van der Waals surface area contributed by atoms with E-state index in [4.69, 9.17) is 0 Å². The summed E-state index contributed by atoms with van der Waals surface area (Å²) in [6, 6.07) is 78.8. The van der Waals surface area contributed by atoms with Crippen LogP contribution in [0.4, 0.5) is 17.1 Å². The molecule has 268 valence electrons. The largest absolute Gasteiger partial charge is 0.311 e. The van der Waals surface area contributed by atoms with Gasteiger partial charge in [0, 0.05) is 33.9 Å². The highest BCUT2D eigenvalue weighted by Gasteiger charge is 2.27. The van der Waals surface area contributed by atoms with Crippen LogP contribution in [-0.4, -0.2) is 4.57 Å². The maximum absolute atomic E-state index is 2.48. The molecule has 9 aromatic rings. The first-order valence-corrected chi connectivity index (χ1v) is 19.3. The zero-order valence-corrected chi connectivity index (χ0v) is 31.7. The number of rotatable bonds is 9. The number of aryl methyl sites for hydroxylation is 2. The lowest BCUT2D eigenvalue weighted by molar-refractivity contribution is 1.10. The number of anilines is 3. The molecule has 2 nitrogen and oxygen atoms in total. The smallest absolute Gasteiger partial charge is 0.0619 e. The third kappa shape index (κ3) is 6.74. The van der Waals surface area contributed by atoms with E-state index in [0.717, 1.165) is 33.9 Å². The first-order valence-electron chi connectivity index (χ1n) is 19.3. The lowest BCUT2D eigenvalue weighted by atomic mass is 9.91. The predicted molar refractivity (Wildman–Crippen MR) is 237 cm³/mol. The standard InChI is InChI=1S/C54H42N2/c1-39-23-31-47(32-24-39)55(48-33-25-40(2)26-34-48)49-35-27-41(28-36-49)42-29-37-50(38-30-42)56-53(45-19-11-5-12-20-45)51(43-15-7-3-8-16-43)52(44-17-9-4-10-18-44)54(56)46-21-13-6-14-22-46/h3-38H,1-2H3. The van der Waals surface area contributed by atoms with Gasteiger partial charge in [-0.2, -0.15) is 0 Å². The predicted octanol–water partition coefficient (Wildman–Crippen LogP) is 14.9. The molecule has 0 N–H and O–H groups in total. The molecule has 2 heteroatoms. The molecule has 0 radical (unpaired) electrons. The van der Waals surface area contributed by atoms with E-state index >= 15 is 0 Å². The molecule has 0 atom stereocenters. The number of hydrogen-bond acceptors (Lipinski definition) is 1. The van der Waals surface area contributed by atoms with E-state index in [1.165, 1.54) is 55.9 Å². The van der Waals surface area contributed by atoms with Crippen LogP contribution in [0.1, 0.15) is 11.1 Å². The minimum atomic E-state index is 1.10. The van der Waals surface area contributed by atoms with Crippen LogP contribution >= 0.6 is 0 Å². The van der Waals surface area contributed by atoms with Crippen molar-refractivity contribution in [3.05, 3.63) is 230 Å². The fraction of sp³-hybridized carbons (Fsp3) is 0.0370. The lowest BCUT2D eigenvalue weighted by Gasteiger charge is -2.26. The van der Waals surface area contributed by atoms with Crippen molar-refractivity contribution in [1.29, 1.82) is 0 Å².